The highest BCUT2D eigenvalue weighted by Crippen LogP contribution is 2.37. The quantitative estimate of drug-likeness (QED) is 0.880. The lowest BCUT2D eigenvalue weighted by Crippen LogP contribution is -2.39. The van der Waals surface area contributed by atoms with Gasteiger partial charge < -0.3 is 14.7 Å². The Labute approximate surface area is 148 Å². The zero-order chi connectivity index (χ0) is 18.9. The number of aromatic nitrogens is 1. The Hall–Kier alpha value is -2.51. The van der Waals surface area contributed by atoms with Gasteiger partial charge in [0.1, 0.15) is 5.82 Å². The zero-order valence-corrected chi connectivity index (χ0v) is 14.2. The summed E-state index contributed by atoms with van der Waals surface area (Å²) in [5.41, 5.74) is 0.132. The van der Waals surface area contributed by atoms with Crippen molar-refractivity contribution in [2.24, 2.45) is 5.92 Å². The number of benzene rings is 1. The van der Waals surface area contributed by atoms with Crippen LogP contribution in [0.15, 0.2) is 24.3 Å². The number of hydrogen-bond donors (Lipinski definition) is 1. The fourth-order valence-electron chi connectivity index (χ4n) is 3.23. The van der Waals surface area contributed by atoms with E-state index >= 15 is 0 Å². The standard InChI is InChI=1S/C18H19F3N2O3/c1-2-26-15-10-12-9-11(17(24)25)3-4-14(12)16(22-15)23-7-5-13(6-8-23)18(19,20)21/h3-4,9-10,13H,2,5-8H2,1H3,(H,24,25). The number of carbonyl (C=O) groups is 1. The number of fused-ring (bicyclic) bond motifs is 1. The van der Waals surface area contributed by atoms with E-state index in [2.05, 4.69) is 4.98 Å². The number of carboxylic acid groups (broad SMARTS) is 1. The van der Waals surface area contributed by atoms with Crippen LogP contribution in [0.4, 0.5) is 19.0 Å². The van der Waals surface area contributed by atoms with Gasteiger partial charge in [0, 0.05) is 24.5 Å². The molecule has 0 bridgehead atoms. The third-order valence-electron chi connectivity index (χ3n) is 4.58. The summed E-state index contributed by atoms with van der Waals surface area (Å²) >= 11 is 0. The number of nitrogens with zero attached hydrogens (tertiary/aromatic N) is 2. The van der Waals surface area contributed by atoms with Crippen LogP contribution in [0, 0.1) is 5.92 Å². The molecule has 1 aromatic heterocycles. The third-order valence-corrected chi connectivity index (χ3v) is 4.58. The van der Waals surface area contributed by atoms with Crippen LogP contribution in [-0.2, 0) is 0 Å². The average molecular weight is 368 g/mol. The van der Waals surface area contributed by atoms with Crippen molar-refractivity contribution >= 4 is 22.6 Å². The van der Waals surface area contributed by atoms with Crippen LogP contribution >= 0.6 is 0 Å². The maximum Gasteiger partial charge on any atom is 0.391 e. The first-order valence-electron chi connectivity index (χ1n) is 8.42. The van der Waals surface area contributed by atoms with Crippen molar-refractivity contribution in [2.75, 3.05) is 24.6 Å². The molecule has 0 saturated carbocycles. The molecule has 0 spiro atoms. The SMILES string of the molecule is CCOc1cc2cc(C(=O)O)ccc2c(N2CCC(C(F)(F)F)CC2)n1. The molecular weight excluding hydrogens is 349 g/mol. The summed E-state index contributed by atoms with van der Waals surface area (Å²) in [5.74, 6) is -1.48. The van der Waals surface area contributed by atoms with Crippen molar-refractivity contribution in [2.45, 2.75) is 25.9 Å². The molecule has 0 atom stereocenters. The van der Waals surface area contributed by atoms with E-state index in [0.29, 0.717) is 29.1 Å². The number of halogens is 3. The van der Waals surface area contributed by atoms with Crippen molar-refractivity contribution < 1.29 is 27.8 Å². The molecule has 3 rings (SSSR count). The number of rotatable bonds is 4. The van der Waals surface area contributed by atoms with Gasteiger partial charge in [0.15, 0.2) is 0 Å². The van der Waals surface area contributed by atoms with E-state index in [1.54, 1.807) is 19.1 Å². The van der Waals surface area contributed by atoms with Gasteiger partial charge in [0.25, 0.3) is 0 Å². The first-order valence-corrected chi connectivity index (χ1v) is 8.42. The van der Waals surface area contributed by atoms with Crippen LogP contribution < -0.4 is 9.64 Å². The summed E-state index contributed by atoms with van der Waals surface area (Å²) in [5, 5.41) is 10.5. The Balaban J connectivity index is 1.97. The lowest BCUT2D eigenvalue weighted by atomic mass is 9.96. The average Bonchev–Trinajstić information content (AvgIpc) is 2.60. The van der Waals surface area contributed by atoms with E-state index in [-0.39, 0.29) is 31.5 Å². The fraction of sp³-hybridized carbons (Fsp3) is 0.444. The lowest BCUT2D eigenvalue weighted by Gasteiger charge is -2.34. The summed E-state index contributed by atoms with van der Waals surface area (Å²) in [4.78, 5) is 17.5. The van der Waals surface area contributed by atoms with E-state index in [1.807, 2.05) is 4.90 Å². The van der Waals surface area contributed by atoms with Gasteiger partial charge >= 0.3 is 12.1 Å². The monoisotopic (exact) mass is 368 g/mol. The molecule has 2 heterocycles. The summed E-state index contributed by atoms with van der Waals surface area (Å²) in [6.07, 6.45) is -4.15. The second kappa shape index (κ2) is 7.01. The molecule has 1 aliphatic heterocycles. The van der Waals surface area contributed by atoms with E-state index in [9.17, 15) is 23.1 Å². The molecular formula is C18H19F3N2O3. The molecule has 26 heavy (non-hydrogen) atoms. The number of aromatic carboxylic acids is 1. The highest BCUT2D eigenvalue weighted by molar-refractivity contribution is 5.98. The van der Waals surface area contributed by atoms with E-state index in [4.69, 9.17) is 4.74 Å². The first kappa shape index (κ1) is 18.3. The topological polar surface area (TPSA) is 62.7 Å². The maximum atomic E-state index is 12.9. The predicted molar refractivity (Wildman–Crippen MR) is 90.9 cm³/mol. The molecule has 1 aliphatic rings. The minimum absolute atomic E-state index is 0.0126. The van der Waals surface area contributed by atoms with Gasteiger partial charge in [-0.15, -0.1) is 0 Å². The smallest absolute Gasteiger partial charge is 0.391 e. The van der Waals surface area contributed by atoms with E-state index in [1.165, 1.54) is 12.1 Å². The minimum Gasteiger partial charge on any atom is -0.478 e. The molecule has 0 aliphatic carbocycles. The van der Waals surface area contributed by atoms with Crippen LogP contribution in [0.1, 0.15) is 30.1 Å². The number of piperidine rings is 1. The number of alkyl halides is 3. The number of anilines is 1. The molecule has 8 heteroatoms. The predicted octanol–water partition coefficient (Wildman–Crippen LogP) is 4.11. The molecule has 1 fully saturated rings. The van der Waals surface area contributed by atoms with Gasteiger partial charge in [0.2, 0.25) is 5.88 Å². The maximum absolute atomic E-state index is 12.9. The van der Waals surface area contributed by atoms with Crippen LogP contribution in [0.25, 0.3) is 10.8 Å². The summed E-state index contributed by atoms with van der Waals surface area (Å²) < 4.78 is 44.2. The Morgan fingerprint density at radius 3 is 2.58 bits per heavy atom. The van der Waals surface area contributed by atoms with Gasteiger partial charge in [-0.1, -0.05) is 0 Å². The van der Waals surface area contributed by atoms with Gasteiger partial charge in [-0.25, -0.2) is 4.79 Å². The normalized spacial score (nSPS) is 16.1. The van der Waals surface area contributed by atoms with Gasteiger partial charge in [-0.3, -0.25) is 0 Å². The number of hydrogen-bond acceptors (Lipinski definition) is 4. The number of ether oxygens (including phenoxy) is 1. The molecule has 1 aromatic carbocycles. The van der Waals surface area contributed by atoms with Gasteiger partial charge in [-0.2, -0.15) is 18.2 Å². The summed E-state index contributed by atoms with van der Waals surface area (Å²) in [6, 6.07) is 6.29. The zero-order valence-electron chi connectivity index (χ0n) is 14.2. The molecule has 0 amide bonds. The molecule has 1 N–H and O–H groups in total. The molecule has 2 aromatic rings. The van der Waals surface area contributed by atoms with Gasteiger partial charge in [0.05, 0.1) is 18.1 Å². The Kier molecular flexibility index (Phi) is 4.93. The van der Waals surface area contributed by atoms with Crippen LogP contribution in [0.3, 0.4) is 0 Å². The molecule has 0 unspecified atom stereocenters. The highest BCUT2D eigenvalue weighted by atomic mass is 19.4. The van der Waals surface area contributed by atoms with Crippen molar-refractivity contribution in [3.63, 3.8) is 0 Å². The van der Waals surface area contributed by atoms with Crippen LogP contribution in [0.5, 0.6) is 5.88 Å². The highest BCUT2D eigenvalue weighted by Gasteiger charge is 2.41. The van der Waals surface area contributed by atoms with Crippen molar-refractivity contribution in [3.05, 3.63) is 29.8 Å². The fourth-order valence-corrected chi connectivity index (χ4v) is 3.23. The summed E-state index contributed by atoms with van der Waals surface area (Å²) in [7, 11) is 0. The minimum atomic E-state index is -4.18. The third kappa shape index (κ3) is 3.68. The molecule has 1 saturated heterocycles. The van der Waals surface area contributed by atoms with E-state index in [0.717, 1.165) is 0 Å². The number of pyridine rings is 1. The Bertz CT molecular complexity index is 815. The Morgan fingerprint density at radius 1 is 1.31 bits per heavy atom. The van der Waals surface area contributed by atoms with Gasteiger partial charge in [-0.05, 0) is 43.4 Å². The summed E-state index contributed by atoms with van der Waals surface area (Å²) in [6.45, 7) is 2.66. The lowest BCUT2D eigenvalue weighted by molar-refractivity contribution is -0.179. The number of carboxylic acids is 1. The first-order chi connectivity index (χ1) is 12.3. The second-order valence-corrected chi connectivity index (χ2v) is 6.26. The van der Waals surface area contributed by atoms with Crippen molar-refractivity contribution in [1.29, 1.82) is 0 Å². The Morgan fingerprint density at radius 2 is 2.00 bits per heavy atom. The van der Waals surface area contributed by atoms with Crippen LogP contribution in [0.2, 0.25) is 0 Å². The van der Waals surface area contributed by atoms with E-state index < -0.39 is 18.1 Å². The van der Waals surface area contributed by atoms with Crippen LogP contribution in [-0.4, -0.2) is 41.9 Å². The molecule has 0 radical (unpaired) electrons. The van der Waals surface area contributed by atoms with Crippen molar-refractivity contribution in [1.82, 2.24) is 4.98 Å². The molecule has 5 nitrogen and oxygen atoms in total. The molecule has 140 valence electrons. The second-order valence-electron chi connectivity index (χ2n) is 6.26. The largest absolute Gasteiger partial charge is 0.478 e. The van der Waals surface area contributed by atoms with Crippen molar-refractivity contribution in [3.8, 4) is 5.88 Å².